The van der Waals surface area contributed by atoms with E-state index < -0.39 is 0 Å². The number of hydrogen-bond donors (Lipinski definition) is 1. The standard InChI is InChI=1S/C10H19NO3/c1-13-10(14-2)6-11(7-10)5-8-3-9(12)4-8/h8-9,12H,3-7H2,1-2H3. The van der Waals surface area contributed by atoms with Crippen LogP contribution in [0.5, 0.6) is 0 Å². The number of rotatable bonds is 4. The Morgan fingerprint density at radius 2 is 1.86 bits per heavy atom. The highest BCUT2D eigenvalue weighted by Gasteiger charge is 2.45. The van der Waals surface area contributed by atoms with E-state index in [0.29, 0.717) is 5.92 Å². The number of aliphatic hydroxyl groups excluding tert-OH is 1. The van der Waals surface area contributed by atoms with Crippen LogP contribution in [0.4, 0.5) is 0 Å². The van der Waals surface area contributed by atoms with Crippen LogP contribution in [0.25, 0.3) is 0 Å². The van der Waals surface area contributed by atoms with Crippen LogP contribution in [-0.2, 0) is 9.47 Å². The molecule has 0 bridgehead atoms. The lowest BCUT2D eigenvalue weighted by Gasteiger charge is -2.49. The minimum absolute atomic E-state index is 0.0455. The van der Waals surface area contributed by atoms with Crippen LogP contribution in [0, 0.1) is 5.92 Å². The molecule has 1 N–H and O–H groups in total. The second-order valence-electron chi connectivity index (χ2n) is 4.48. The number of nitrogens with zero attached hydrogens (tertiary/aromatic N) is 1. The Bertz CT molecular complexity index is 192. The first kappa shape index (κ1) is 10.4. The first-order chi connectivity index (χ1) is 6.67. The smallest absolute Gasteiger partial charge is 0.193 e. The predicted octanol–water partition coefficient (Wildman–Crippen LogP) is 0.0620. The van der Waals surface area contributed by atoms with E-state index in [1.165, 1.54) is 0 Å². The molecule has 0 aromatic carbocycles. The topological polar surface area (TPSA) is 41.9 Å². The molecule has 0 aromatic heterocycles. The zero-order valence-corrected chi connectivity index (χ0v) is 8.90. The molecule has 14 heavy (non-hydrogen) atoms. The van der Waals surface area contributed by atoms with Gasteiger partial charge in [0.1, 0.15) is 0 Å². The minimum atomic E-state index is -0.359. The maximum atomic E-state index is 9.15. The molecule has 0 spiro atoms. The van der Waals surface area contributed by atoms with Crippen LogP contribution >= 0.6 is 0 Å². The number of methoxy groups -OCH3 is 2. The van der Waals surface area contributed by atoms with Gasteiger partial charge in [-0.15, -0.1) is 0 Å². The van der Waals surface area contributed by atoms with Gasteiger partial charge in [-0.1, -0.05) is 0 Å². The third-order valence-corrected chi connectivity index (χ3v) is 3.40. The van der Waals surface area contributed by atoms with Gasteiger partial charge in [0.2, 0.25) is 0 Å². The Balaban J connectivity index is 1.67. The lowest BCUT2D eigenvalue weighted by Crippen LogP contribution is -2.65. The highest BCUT2D eigenvalue weighted by atomic mass is 16.7. The average Bonchev–Trinajstić information content (AvgIpc) is 2.07. The van der Waals surface area contributed by atoms with Gasteiger partial charge in [0.25, 0.3) is 0 Å². The molecule has 1 aliphatic carbocycles. The van der Waals surface area contributed by atoms with E-state index in [-0.39, 0.29) is 11.9 Å². The normalized spacial score (nSPS) is 36.2. The van der Waals surface area contributed by atoms with Crippen molar-refractivity contribution in [2.45, 2.75) is 24.7 Å². The summed E-state index contributed by atoms with van der Waals surface area (Å²) in [6.45, 7) is 2.78. The van der Waals surface area contributed by atoms with Crippen LogP contribution in [0.2, 0.25) is 0 Å². The summed E-state index contributed by atoms with van der Waals surface area (Å²) in [5.41, 5.74) is 0. The molecule has 0 aromatic rings. The third kappa shape index (κ3) is 1.80. The summed E-state index contributed by atoms with van der Waals surface area (Å²) < 4.78 is 10.6. The monoisotopic (exact) mass is 201 g/mol. The summed E-state index contributed by atoms with van der Waals surface area (Å²) in [6.07, 6.45) is 1.88. The van der Waals surface area contributed by atoms with Gasteiger partial charge in [0.15, 0.2) is 5.79 Å². The minimum Gasteiger partial charge on any atom is -0.393 e. The number of hydrogen-bond acceptors (Lipinski definition) is 4. The van der Waals surface area contributed by atoms with Crippen molar-refractivity contribution in [1.82, 2.24) is 4.90 Å². The highest BCUT2D eigenvalue weighted by Crippen LogP contribution is 2.32. The number of aliphatic hydroxyl groups is 1. The van der Waals surface area contributed by atoms with Crippen LogP contribution < -0.4 is 0 Å². The van der Waals surface area contributed by atoms with Crippen molar-refractivity contribution >= 4 is 0 Å². The molecule has 1 aliphatic heterocycles. The zero-order valence-electron chi connectivity index (χ0n) is 8.90. The Morgan fingerprint density at radius 1 is 1.29 bits per heavy atom. The van der Waals surface area contributed by atoms with Crippen molar-refractivity contribution in [2.75, 3.05) is 33.9 Å². The number of ether oxygens (including phenoxy) is 2. The van der Waals surface area contributed by atoms with E-state index in [4.69, 9.17) is 14.6 Å². The van der Waals surface area contributed by atoms with Crippen LogP contribution in [0.15, 0.2) is 0 Å². The molecule has 82 valence electrons. The Morgan fingerprint density at radius 3 is 2.29 bits per heavy atom. The molecule has 0 atom stereocenters. The molecule has 0 amide bonds. The fraction of sp³-hybridized carbons (Fsp3) is 1.00. The molecular weight excluding hydrogens is 182 g/mol. The molecule has 0 unspecified atom stereocenters. The Labute approximate surface area is 84.8 Å². The molecule has 1 saturated carbocycles. The van der Waals surface area contributed by atoms with E-state index in [1.807, 2.05) is 0 Å². The fourth-order valence-electron chi connectivity index (χ4n) is 2.32. The first-order valence-electron chi connectivity index (χ1n) is 5.18. The maximum Gasteiger partial charge on any atom is 0.193 e. The molecule has 4 nitrogen and oxygen atoms in total. The van der Waals surface area contributed by atoms with Gasteiger partial charge in [0.05, 0.1) is 19.2 Å². The quantitative estimate of drug-likeness (QED) is 0.653. The Kier molecular flexibility index (Phi) is 2.79. The highest BCUT2D eigenvalue weighted by molar-refractivity contribution is 4.92. The van der Waals surface area contributed by atoms with Crippen LogP contribution in [0.3, 0.4) is 0 Å². The first-order valence-corrected chi connectivity index (χ1v) is 5.18. The van der Waals surface area contributed by atoms with Gasteiger partial charge in [-0.3, -0.25) is 4.90 Å². The summed E-state index contributed by atoms with van der Waals surface area (Å²) in [7, 11) is 3.38. The summed E-state index contributed by atoms with van der Waals surface area (Å²) in [5.74, 6) is 0.319. The lowest BCUT2D eigenvalue weighted by molar-refractivity contribution is -0.278. The Hall–Kier alpha value is -0.160. The van der Waals surface area contributed by atoms with Crippen molar-refractivity contribution in [1.29, 1.82) is 0 Å². The average molecular weight is 201 g/mol. The van der Waals surface area contributed by atoms with Gasteiger partial charge >= 0.3 is 0 Å². The fourth-order valence-corrected chi connectivity index (χ4v) is 2.32. The molecule has 1 saturated heterocycles. The van der Waals surface area contributed by atoms with E-state index in [9.17, 15) is 0 Å². The van der Waals surface area contributed by atoms with Crippen molar-refractivity contribution < 1.29 is 14.6 Å². The molecule has 2 rings (SSSR count). The summed E-state index contributed by atoms with van der Waals surface area (Å²) in [4.78, 5) is 2.32. The van der Waals surface area contributed by atoms with Crippen molar-refractivity contribution in [3.63, 3.8) is 0 Å². The van der Waals surface area contributed by atoms with E-state index >= 15 is 0 Å². The van der Waals surface area contributed by atoms with Gasteiger partial charge in [0, 0.05) is 20.8 Å². The van der Waals surface area contributed by atoms with Crippen LogP contribution in [-0.4, -0.2) is 55.8 Å². The van der Waals surface area contributed by atoms with E-state index in [1.54, 1.807) is 14.2 Å². The second kappa shape index (κ2) is 3.77. The van der Waals surface area contributed by atoms with E-state index in [2.05, 4.69) is 4.90 Å². The molecule has 1 heterocycles. The lowest BCUT2D eigenvalue weighted by atomic mass is 9.81. The number of likely N-dealkylation sites (tertiary alicyclic amines) is 1. The summed E-state index contributed by atoms with van der Waals surface area (Å²) >= 11 is 0. The zero-order chi connectivity index (χ0) is 10.2. The predicted molar refractivity (Wildman–Crippen MR) is 51.9 cm³/mol. The second-order valence-corrected chi connectivity index (χ2v) is 4.48. The summed E-state index contributed by atoms with van der Waals surface area (Å²) in [5, 5.41) is 9.15. The van der Waals surface area contributed by atoms with Gasteiger partial charge in [-0.05, 0) is 18.8 Å². The molecular formula is C10H19NO3. The van der Waals surface area contributed by atoms with Gasteiger partial charge in [-0.2, -0.15) is 0 Å². The SMILES string of the molecule is COC1(OC)CN(CC2CC(O)C2)C1. The van der Waals surface area contributed by atoms with Crippen molar-refractivity contribution in [3.05, 3.63) is 0 Å². The maximum absolute atomic E-state index is 9.15. The van der Waals surface area contributed by atoms with E-state index in [0.717, 1.165) is 32.5 Å². The third-order valence-electron chi connectivity index (χ3n) is 3.40. The molecule has 2 fully saturated rings. The van der Waals surface area contributed by atoms with Crippen LogP contribution in [0.1, 0.15) is 12.8 Å². The largest absolute Gasteiger partial charge is 0.393 e. The molecule has 0 radical (unpaired) electrons. The summed E-state index contributed by atoms with van der Waals surface area (Å²) in [6, 6.07) is 0. The van der Waals surface area contributed by atoms with Crippen molar-refractivity contribution in [2.24, 2.45) is 5.92 Å². The van der Waals surface area contributed by atoms with Crippen molar-refractivity contribution in [3.8, 4) is 0 Å². The van der Waals surface area contributed by atoms with Gasteiger partial charge < -0.3 is 14.6 Å². The molecule has 2 aliphatic rings. The van der Waals surface area contributed by atoms with Gasteiger partial charge in [-0.25, -0.2) is 0 Å². The molecule has 4 heteroatoms.